The smallest absolute Gasteiger partial charge is 0.274 e. The first kappa shape index (κ1) is 14.2. The summed E-state index contributed by atoms with van der Waals surface area (Å²) in [6.45, 7) is 3.52. The number of aromatic nitrogens is 2. The molecule has 6 heteroatoms. The molecule has 1 aromatic heterocycles. The topological polar surface area (TPSA) is 66.3 Å². The predicted molar refractivity (Wildman–Crippen MR) is 72.0 cm³/mol. The van der Waals surface area contributed by atoms with Crippen LogP contribution in [0.25, 0.3) is 0 Å². The van der Waals surface area contributed by atoms with E-state index in [1.54, 1.807) is 4.90 Å². The molecule has 104 valence electrons. The van der Waals surface area contributed by atoms with Gasteiger partial charge in [0.25, 0.3) is 5.91 Å². The molecule has 0 aliphatic carbocycles. The van der Waals surface area contributed by atoms with E-state index in [-0.39, 0.29) is 28.6 Å². The molecule has 2 heterocycles. The molecule has 19 heavy (non-hydrogen) atoms. The summed E-state index contributed by atoms with van der Waals surface area (Å²) >= 11 is 5.94. The zero-order chi connectivity index (χ0) is 13.9. The van der Waals surface area contributed by atoms with Crippen molar-refractivity contribution in [2.24, 2.45) is 5.41 Å². The van der Waals surface area contributed by atoms with Crippen molar-refractivity contribution in [1.29, 1.82) is 0 Å². The normalized spacial score (nSPS) is 18.4. The first-order valence-corrected chi connectivity index (χ1v) is 6.85. The number of carbonyl (C=O) groups excluding carboxylic acids is 1. The van der Waals surface area contributed by atoms with Gasteiger partial charge in [-0.15, -0.1) is 0 Å². The van der Waals surface area contributed by atoms with Crippen LogP contribution in [-0.4, -0.2) is 45.6 Å². The van der Waals surface area contributed by atoms with Gasteiger partial charge in [0.15, 0.2) is 0 Å². The third-order valence-electron chi connectivity index (χ3n) is 4.07. The van der Waals surface area contributed by atoms with E-state index in [9.17, 15) is 9.90 Å². The molecule has 1 fully saturated rings. The van der Waals surface area contributed by atoms with Gasteiger partial charge in [0, 0.05) is 25.9 Å². The van der Waals surface area contributed by atoms with E-state index >= 15 is 0 Å². The van der Waals surface area contributed by atoms with Crippen LogP contribution in [-0.2, 0) is 0 Å². The van der Waals surface area contributed by atoms with Crippen LogP contribution >= 0.6 is 11.6 Å². The lowest BCUT2D eigenvalue weighted by atomic mass is 9.77. The zero-order valence-electron chi connectivity index (χ0n) is 11.0. The SMILES string of the molecule is CCC1(CO)CCN(C(=O)c2ncncc2Cl)CC1. The lowest BCUT2D eigenvalue weighted by Gasteiger charge is -2.40. The molecule has 1 aliphatic heterocycles. The summed E-state index contributed by atoms with van der Waals surface area (Å²) < 4.78 is 0. The first-order valence-electron chi connectivity index (χ1n) is 6.47. The van der Waals surface area contributed by atoms with Crippen molar-refractivity contribution in [1.82, 2.24) is 14.9 Å². The summed E-state index contributed by atoms with van der Waals surface area (Å²) in [6, 6.07) is 0. The Kier molecular flexibility index (Phi) is 4.37. The zero-order valence-corrected chi connectivity index (χ0v) is 11.7. The molecule has 0 aromatic carbocycles. The highest BCUT2D eigenvalue weighted by Crippen LogP contribution is 2.34. The number of halogens is 1. The fourth-order valence-corrected chi connectivity index (χ4v) is 2.61. The van der Waals surface area contributed by atoms with Crippen molar-refractivity contribution in [2.45, 2.75) is 26.2 Å². The molecule has 1 amide bonds. The second-order valence-electron chi connectivity index (χ2n) is 5.02. The molecular formula is C13H18ClN3O2. The molecule has 0 radical (unpaired) electrons. The van der Waals surface area contributed by atoms with E-state index in [0.717, 1.165) is 19.3 Å². The quantitative estimate of drug-likeness (QED) is 0.918. The molecule has 1 N–H and O–H groups in total. The van der Waals surface area contributed by atoms with Crippen LogP contribution in [0, 0.1) is 5.41 Å². The minimum absolute atomic E-state index is 0.0355. The van der Waals surface area contributed by atoms with Gasteiger partial charge in [-0.1, -0.05) is 18.5 Å². The molecule has 0 unspecified atom stereocenters. The summed E-state index contributed by atoms with van der Waals surface area (Å²) in [5, 5.41) is 9.76. The Labute approximate surface area is 117 Å². The maximum absolute atomic E-state index is 12.3. The monoisotopic (exact) mass is 283 g/mol. The van der Waals surface area contributed by atoms with Crippen molar-refractivity contribution in [3.8, 4) is 0 Å². The molecule has 0 saturated carbocycles. The van der Waals surface area contributed by atoms with E-state index in [2.05, 4.69) is 16.9 Å². The fourth-order valence-electron chi connectivity index (χ4n) is 2.43. The average molecular weight is 284 g/mol. The second-order valence-corrected chi connectivity index (χ2v) is 5.43. The molecule has 0 atom stereocenters. The maximum Gasteiger partial charge on any atom is 0.274 e. The van der Waals surface area contributed by atoms with E-state index in [1.165, 1.54) is 12.5 Å². The largest absolute Gasteiger partial charge is 0.396 e. The van der Waals surface area contributed by atoms with Crippen LogP contribution in [0.3, 0.4) is 0 Å². The number of nitrogens with zero attached hydrogens (tertiary/aromatic N) is 3. The predicted octanol–water partition coefficient (Wildman–Crippen LogP) is 1.75. The number of likely N-dealkylation sites (tertiary alicyclic amines) is 1. The van der Waals surface area contributed by atoms with Crippen LogP contribution in [0.5, 0.6) is 0 Å². The lowest BCUT2D eigenvalue weighted by molar-refractivity contribution is 0.0334. The van der Waals surface area contributed by atoms with Crippen LogP contribution in [0.4, 0.5) is 0 Å². The summed E-state index contributed by atoms with van der Waals surface area (Å²) in [7, 11) is 0. The van der Waals surface area contributed by atoms with Crippen molar-refractivity contribution in [3.05, 3.63) is 23.2 Å². The van der Waals surface area contributed by atoms with E-state index in [0.29, 0.717) is 13.1 Å². The van der Waals surface area contributed by atoms with Crippen molar-refractivity contribution < 1.29 is 9.90 Å². The summed E-state index contributed by atoms with van der Waals surface area (Å²) in [5.41, 5.74) is 0.219. The minimum Gasteiger partial charge on any atom is -0.396 e. The third kappa shape index (κ3) is 2.87. The summed E-state index contributed by atoms with van der Waals surface area (Å²) in [6.07, 6.45) is 5.31. The molecule has 1 saturated heterocycles. The molecule has 1 aromatic rings. The fraction of sp³-hybridized carbons (Fsp3) is 0.615. The van der Waals surface area contributed by atoms with Gasteiger partial charge < -0.3 is 10.0 Å². The number of amides is 1. The highest BCUT2D eigenvalue weighted by Gasteiger charge is 2.34. The second kappa shape index (κ2) is 5.84. The Morgan fingerprint density at radius 2 is 2.21 bits per heavy atom. The van der Waals surface area contributed by atoms with Gasteiger partial charge in [-0.2, -0.15) is 0 Å². The minimum atomic E-state index is -0.157. The number of piperidine rings is 1. The van der Waals surface area contributed by atoms with E-state index in [4.69, 9.17) is 11.6 Å². The van der Waals surface area contributed by atoms with E-state index < -0.39 is 0 Å². The molecular weight excluding hydrogens is 266 g/mol. The van der Waals surface area contributed by atoms with Gasteiger partial charge in [-0.05, 0) is 24.7 Å². The van der Waals surface area contributed by atoms with Crippen LogP contribution < -0.4 is 0 Å². The molecule has 2 rings (SSSR count). The number of carbonyl (C=O) groups is 1. The van der Waals surface area contributed by atoms with Gasteiger partial charge in [0.05, 0.1) is 5.02 Å². The number of hydrogen-bond acceptors (Lipinski definition) is 4. The average Bonchev–Trinajstić information content (AvgIpc) is 2.47. The van der Waals surface area contributed by atoms with Crippen molar-refractivity contribution >= 4 is 17.5 Å². The highest BCUT2D eigenvalue weighted by molar-refractivity contribution is 6.33. The Hall–Kier alpha value is -1.20. The Morgan fingerprint density at radius 1 is 1.53 bits per heavy atom. The summed E-state index contributed by atoms with van der Waals surface area (Å²) in [5.74, 6) is -0.157. The Bertz CT molecular complexity index is 453. The number of hydrogen-bond donors (Lipinski definition) is 1. The number of aliphatic hydroxyl groups excluding tert-OH is 1. The molecule has 0 bridgehead atoms. The van der Waals surface area contributed by atoms with Gasteiger partial charge in [0.1, 0.15) is 12.0 Å². The van der Waals surface area contributed by atoms with Crippen LogP contribution in [0.1, 0.15) is 36.7 Å². The van der Waals surface area contributed by atoms with Gasteiger partial charge in [-0.25, -0.2) is 9.97 Å². The van der Waals surface area contributed by atoms with Gasteiger partial charge in [0.2, 0.25) is 0 Å². The first-order chi connectivity index (χ1) is 9.12. The van der Waals surface area contributed by atoms with E-state index in [1.807, 2.05) is 0 Å². The van der Waals surface area contributed by atoms with Crippen LogP contribution in [0.2, 0.25) is 5.02 Å². The van der Waals surface area contributed by atoms with Crippen molar-refractivity contribution in [2.75, 3.05) is 19.7 Å². The third-order valence-corrected chi connectivity index (χ3v) is 4.34. The molecule has 1 aliphatic rings. The number of rotatable bonds is 3. The van der Waals surface area contributed by atoms with Gasteiger partial charge in [-0.3, -0.25) is 4.79 Å². The highest BCUT2D eigenvalue weighted by atomic mass is 35.5. The summed E-state index contributed by atoms with van der Waals surface area (Å²) in [4.78, 5) is 21.8. The van der Waals surface area contributed by atoms with Crippen LogP contribution in [0.15, 0.2) is 12.5 Å². The maximum atomic E-state index is 12.3. The standard InChI is InChI=1S/C13H18ClN3O2/c1-2-13(8-18)3-5-17(6-4-13)12(19)11-10(14)7-15-9-16-11/h7,9,18H,2-6,8H2,1H3. The molecule has 5 nitrogen and oxygen atoms in total. The lowest BCUT2D eigenvalue weighted by Crippen LogP contribution is -2.44. The molecule has 0 spiro atoms. The Balaban J connectivity index is 2.06. The van der Waals surface area contributed by atoms with Crippen molar-refractivity contribution in [3.63, 3.8) is 0 Å². The Morgan fingerprint density at radius 3 is 2.74 bits per heavy atom. The number of aliphatic hydroxyl groups is 1. The van der Waals surface area contributed by atoms with Gasteiger partial charge >= 0.3 is 0 Å².